The number of para-hydroxylation sites is 2. The van der Waals surface area contributed by atoms with Crippen LogP contribution in [0.4, 0.5) is 4.39 Å². The number of aromatic nitrogens is 1. The van der Waals surface area contributed by atoms with Gasteiger partial charge < -0.3 is 18.6 Å². The van der Waals surface area contributed by atoms with Crippen LogP contribution in [-0.4, -0.2) is 11.0 Å². The molecule has 160 valence electrons. The number of benzene rings is 3. The fourth-order valence-electron chi connectivity index (χ4n) is 3.46. The maximum absolute atomic E-state index is 14.1. The number of fused-ring (bicyclic) bond motifs is 2. The Morgan fingerprint density at radius 3 is 2.78 bits per heavy atom. The van der Waals surface area contributed by atoms with Crippen molar-refractivity contribution in [1.82, 2.24) is 4.98 Å². The topological polar surface area (TPSA) is 70.8 Å². The molecule has 1 aromatic heterocycles. The minimum atomic E-state index is -0.623. The van der Waals surface area contributed by atoms with E-state index < -0.39 is 18.1 Å². The Morgan fingerprint density at radius 2 is 1.94 bits per heavy atom. The molecule has 0 spiro atoms. The Balaban J connectivity index is 1.29. The van der Waals surface area contributed by atoms with Crippen LogP contribution in [-0.2, 0) is 27.5 Å². The molecule has 3 aromatic carbocycles. The molecule has 1 aliphatic heterocycles. The van der Waals surface area contributed by atoms with Crippen LogP contribution in [0.1, 0.15) is 28.9 Å². The highest BCUT2D eigenvalue weighted by atomic mass is 19.1. The highest BCUT2D eigenvalue weighted by Gasteiger charge is 2.25. The molecule has 0 amide bonds. The maximum Gasteiger partial charge on any atom is 0.331 e. The molecule has 4 aromatic rings. The van der Waals surface area contributed by atoms with Gasteiger partial charge in [0.15, 0.2) is 5.58 Å². The number of halogens is 1. The van der Waals surface area contributed by atoms with E-state index in [1.807, 2.05) is 48.5 Å². The summed E-state index contributed by atoms with van der Waals surface area (Å²) in [6.07, 6.45) is 2.02. The van der Waals surface area contributed by atoms with Crippen LogP contribution >= 0.6 is 0 Å². The lowest BCUT2D eigenvalue weighted by atomic mass is 10.1. The van der Waals surface area contributed by atoms with Gasteiger partial charge in [0.1, 0.15) is 23.7 Å². The van der Waals surface area contributed by atoms with E-state index in [-0.39, 0.29) is 19.1 Å². The lowest BCUT2D eigenvalue weighted by Gasteiger charge is -2.28. The van der Waals surface area contributed by atoms with Gasteiger partial charge in [0.05, 0.1) is 6.61 Å². The number of nitrogens with zero attached hydrogens (tertiary/aromatic N) is 1. The molecule has 1 unspecified atom stereocenters. The van der Waals surface area contributed by atoms with Crippen molar-refractivity contribution >= 4 is 23.1 Å². The van der Waals surface area contributed by atoms with Gasteiger partial charge in [-0.1, -0.05) is 42.5 Å². The summed E-state index contributed by atoms with van der Waals surface area (Å²) in [6, 6.07) is 19.4. The van der Waals surface area contributed by atoms with E-state index in [4.69, 9.17) is 18.6 Å². The second-order valence-corrected chi connectivity index (χ2v) is 7.19. The summed E-state index contributed by atoms with van der Waals surface area (Å²) in [4.78, 5) is 16.5. The molecule has 0 radical (unpaired) electrons. The standard InChI is InChI=1S/C25H18FNO5/c26-19-12-17(24-18(13-19)15-30-25(32-24)16-6-2-1-3-7-16)14-29-23(28)11-10-22-27-20-8-4-5-9-21(20)31-22/h1-13,25H,14-15H2. The predicted octanol–water partition coefficient (Wildman–Crippen LogP) is 5.33. The number of carbonyl (C=O) groups is 1. The number of rotatable bonds is 5. The lowest BCUT2D eigenvalue weighted by molar-refractivity contribution is -0.139. The number of oxazole rings is 1. The normalized spacial score (nSPS) is 15.5. The van der Waals surface area contributed by atoms with Gasteiger partial charge in [-0.05, 0) is 24.3 Å². The Kier molecular flexibility index (Phi) is 5.39. The van der Waals surface area contributed by atoms with Crippen molar-refractivity contribution in [3.63, 3.8) is 0 Å². The molecular formula is C25H18FNO5. The summed E-state index contributed by atoms with van der Waals surface area (Å²) in [5.74, 6) is -0.321. The van der Waals surface area contributed by atoms with E-state index in [0.717, 1.165) is 5.56 Å². The van der Waals surface area contributed by atoms with Crippen LogP contribution in [0.3, 0.4) is 0 Å². The fourth-order valence-corrected chi connectivity index (χ4v) is 3.46. The summed E-state index contributed by atoms with van der Waals surface area (Å²) in [7, 11) is 0. The first kappa shape index (κ1) is 20.0. The average Bonchev–Trinajstić information content (AvgIpc) is 3.24. The molecule has 5 rings (SSSR count). The van der Waals surface area contributed by atoms with Crippen LogP contribution in [0.5, 0.6) is 5.75 Å². The van der Waals surface area contributed by atoms with Gasteiger partial charge in [0, 0.05) is 28.8 Å². The Morgan fingerprint density at radius 1 is 1.12 bits per heavy atom. The first-order chi connectivity index (χ1) is 15.7. The molecular weight excluding hydrogens is 413 g/mol. The van der Waals surface area contributed by atoms with Crippen LogP contribution < -0.4 is 4.74 Å². The lowest BCUT2D eigenvalue weighted by Crippen LogP contribution is -2.19. The summed E-state index contributed by atoms with van der Waals surface area (Å²) in [5.41, 5.74) is 3.14. The van der Waals surface area contributed by atoms with E-state index in [2.05, 4.69) is 4.98 Å². The molecule has 0 N–H and O–H groups in total. The van der Waals surface area contributed by atoms with Crippen molar-refractivity contribution in [3.05, 3.63) is 101 Å². The third-order valence-corrected chi connectivity index (χ3v) is 4.94. The van der Waals surface area contributed by atoms with E-state index >= 15 is 0 Å². The van der Waals surface area contributed by atoms with E-state index in [1.54, 1.807) is 6.07 Å². The van der Waals surface area contributed by atoms with Gasteiger partial charge in [0.25, 0.3) is 0 Å². The molecule has 1 atom stereocenters. The predicted molar refractivity (Wildman–Crippen MR) is 114 cm³/mol. The van der Waals surface area contributed by atoms with Gasteiger partial charge in [-0.3, -0.25) is 0 Å². The minimum Gasteiger partial charge on any atom is -0.460 e. The minimum absolute atomic E-state index is 0.154. The molecule has 0 fully saturated rings. The van der Waals surface area contributed by atoms with Crippen molar-refractivity contribution in [3.8, 4) is 5.75 Å². The largest absolute Gasteiger partial charge is 0.460 e. The smallest absolute Gasteiger partial charge is 0.331 e. The van der Waals surface area contributed by atoms with E-state index in [0.29, 0.717) is 28.0 Å². The number of esters is 1. The number of ether oxygens (including phenoxy) is 3. The summed E-state index contributed by atoms with van der Waals surface area (Å²) < 4.78 is 36.6. The molecule has 0 aliphatic carbocycles. The summed E-state index contributed by atoms with van der Waals surface area (Å²) >= 11 is 0. The highest BCUT2D eigenvalue weighted by Crippen LogP contribution is 2.36. The zero-order chi connectivity index (χ0) is 21.9. The Hall–Kier alpha value is -3.97. The fraction of sp³-hybridized carbons (Fsp3) is 0.120. The second-order valence-electron chi connectivity index (χ2n) is 7.19. The first-order valence-electron chi connectivity index (χ1n) is 10.0. The SMILES string of the molecule is O=C(C=Cc1nc2ccccc2o1)OCc1cc(F)cc2c1OC(c1ccccc1)OC2. The van der Waals surface area contributed by atoms with Crippen molar-refractivity contribution in [2.45, 2.75) is 19.5 Å². The van der Waals surface area contributed by atoms with Gasteiger partial charge in [-0.2, -0.15) is 0 Å². The van der Waals surface area contributed by atoms with Crippen molar-refractivity contribution in [2.75, 3.05) is 0 Å². The van der Waals surface area contributed by atoms with Crippen LogP contribution in [0, 0.1) is 5.82 Å². The zero-order valence-electron chi connectivity index (χ0n) is 16.9. The monoisotopic (exact) mass is 431 g/mol. The molecule has 2 heterocycles. The first-order valence-corrected chi connectivity index (χ1v) is 10.0. The molecule has 0 saturated carbocycles. The van der Waals surface area contributed by atoms with Gasteiger partial charge in [-0.15, -0.1) is 0 Å². The van der Waals surface area contributed by atoms with E-state index in [1.165, 1.54) is 24.3 Å². The van der Waals surface area contributed by atoms with Gasteiger partial charge >= 0.3 is 5.97 Å². The maximum atomic E-state index is 14.1. The van der Waals surface area contributed by atoms with Crippen molar-refractivity contribution < 1.29 is 27.8 Å². The number of hydrogen-bond donors (Lipinski definition) is 0. The van der Waals surface area contributed by atoms with Gasteiger partial charge in [-0.25, -0.2) is 14.2 Å². The van der Waals surface area contributed by atoms with Crippen molar-refractivity contribution in [1.29, 1.82) is 0 Å². The van der Waals surface area contributed by atoms with Crippen LogP contribution in [0.25, 0.3) is 17.2 Å². The number of hydrogen-bond acceptors (Lipinski definition) is 6. The third-order valence-electron chi connectivity index (χ3n) is 4.94. The molecule has 1 aliphatic rings. The molecule has 0 saturated heterocycles. The van der Waals surface area contributed by atoms with Crippen LogP contribution in [0.2, 0.25) is 0 Å². The Labute approximate surface area is 182 Å². The van der Waals surface area contributed by atoms with E-state index in [9.17, 15) is 9.18 Å². The van der Waals surface area contributed by atoms with Crippen LogP contribution in [0.15, 0.2) is 77.2 Å². The third kappa shape index (κ3) is 4.24. The summed E-state index contributed by atoms with van der Waals surface area (Å²) in [5, 5.41) is 0. The quantitative estimate of drug-likeness (QED) is 0.314. The average molecular weight is 431 g/mol. The molecule has 6 nitrogen and oxygen atoms in total. The summed E-state index contributed by atoms with van der Waals surface area (Å²) in [6.45, 7) is 0.0313. The highest BCUT2D eigenvalue weighted by molar-refractivity contribution is 5.87. The number of carbonyl (C=O) groups excluding carboxylic acids is 1. The second kappa shape index (κ2) is 8.64. The molecule has 0 bridgehead atoms. The molecule has 7 heteroatoms. The van der Waals surface area contributed by atoms with Crippen molar-refractivity contribution in [2.24, 2.45) is 0 Å². The Bertz CT molecular complexity index is 1270. The van der Waals surface area contributed by atoms with Gasteiger partial charge in [0.2, 0.25) is 12.2 Å². The zero-order valence-corrected chi connectivity index (χ0v) is 16.9. The molecule has 32 heavy (non-hydrogen) atoms.